The van der Waals surface area contributed by atoms with Gasteiger partial charge in [0.05, 0.1) is 5.56 Å². The number of aromatic nitrogens is 1. The van der Waals surface area contributed by atoms with Crippen LogP contribution in [0.2, 0.25) is 0 Å². The standard InChI is InChI=1S/C13H13F3N2.ClH/c1-7-10(13(14,15)16)3-2-8-9-6-17-5-4-11(9)18-12(7)8;/h2-3,17-18H,4-6H2,1H3;1H. The summed E-state index contributed by atoms with van der Waals surface area (Å²) in [4.78, 5) is 3.16. The normalized spacial score (nSPS) is 15.2. The third-order valence-electron chi connectivity index (χ3n) is 3.59. The minimum Gasteiger partial charge on any atom is -0.358 e. The molecule has 19 heavy (non-hydrogen) atoms. The molecule has 1 aliphatic heterocycles. The largest absolute Gasteiger partial charge is 0.416 e. The quantitative estimate of drug-likeness (QED) is 0.763. The molecule has 0 bridgehead atoms. The minimum atomic E-state index is -4.29. The maximum atomic E-state index is 12.8. The lowest BCUT2D eigenvalue weighted by Crippen LogP contribution is -2.22. The second kappa shape index (κ2) is 4.72. The summed E-state index contributed by atoms with van der Waals surface area (Å²) in [6.07, 6.45) is -3.45. The highest BCUT2D eigenvalue weighted by Gasteiger charge is 2.33. The highest BCUT2D eigenvalue weighted by atomic mass is 35.5. The maximum absolute atomic E-state index is 12.8. The Kier molecular flexibility index (Phi) is 3.53. The van der Waals surface area contributed by atoms with E-state index in [4.69, 9.17) is 0 Å². The Balaban J connectivity index is 0.00000133. The zero-order valence-electron chi connectivity index (χ0n) is 10.3. The first-order valence-corrected chi connectivity index (χ1v) is 5.89. The van der Waals surface area contributed by atoms with Crippen molar-refractivity contribution in [2.75, 3.05) is 6.54 Å². The van der Waals surface area contributed by atoms with E-state index in [-0.39, 0.29) is 18.0 Å². The first kappa shape index (κ1) is 14.2. The van der Waals surface area contributed by atoms with Crippen LogP contribution in [0.4, 0.5) is 13.2 Å². The number of aromatic amines is 1. The van der Waals surface area contributed by atoms with E-state index in [2.05, 4.69) is 10.3 Å². The van der Waals surface area contributed by atoms with E-state index in [1.54, 1.807) is 6.07 Å². The number of alkyl halides is 3. The van der Waals surface area contributed by atoms with Crippen LogP contribution in [0.25, 0.3) is 10.9 Å². The first-order chi connectivity index (χ1) is 8.48. The van der Waals surface area contributed by atoms with Gasteiger partial charge in [-0.1, -0.05) is 6.07 Å². The molecule has 0 fully saturated rings. The van der Waals surface area contributed by atoms with Crippen molar-refractivity contribution in [1.82, 2.24) is 10.3 Å². The van der Waals surface area contributed by atoms with E-state index < -0.39 is 11.7 Å². The lowest BCUT2D eigenvalue weighted by Gasteiger charge is -2.13. The molecule has 0 saturated carbocycles. The molecule has 1 aliphatic rings. The van der Waals surface area contributed by atoms with E-state index in [1.807, 2.05) is 0 Å². The molecule has 3 rings (SSSR count). The van der Waals surface area contributed by atoms with E-state index in [1.165, 1.54) is 13.0 Å². The molecule has 1 aromatic carbocycles. The van der Waals surface area contributed by atoms with Gasteiger partial charge < -0.3 is 10.3 Å². The highest BCUT2D eigenvalue weighted by Crippen LogP contribution is 2.36. The van der Waals surface area contributed by atoms with Gasteiger partial charge in [0.15, 0.2) is 0 Å². The van der Waals surface area contributed by atoms with Crippen molar-refractivity contribution < 1.29 is 13.2 Å². The number of hydrogen-bond donors (Lipinski definition) is 2. The zero-order valence-corrected chi connectivity index (χ0v) is 11.1. The summed E-state index contributed by atoms with van der Waals surface area (Å²) in [5.41, 5.74) is 2.52. The molecule has 104 valence electrons. The molecule has 0 amide bonds. The van der Waals surface area contributed by atoms with Crippen LogP contribution in [0.15, 0.2) is 12.1 Å². The molecule has 2 nitrogen and oxygen atoms in total. The molecule has 1 aromatic heterocycles. The number of halogens is 4. The fraction of sp³-hybridized carbons (Fsp3) is 0.385. The summed E-state index contributed by atoms with van der Waals surface area (Å²) < 4.78 is 38.5. The molecule has 0 radical (unpaired) electrons. The molecular formula is C13H14ClF3N2. The molecule has 0 spiro atoms. The van der Waals surface area contributed by atoms with Crippen LogP contribution in [-0.4, -0.2) is 11.5 Å². The zero-order chi connectivity index (χ0) is 12.9. The molecule has 2 N–H and O–H groups in total. The number of rotatable bonds is 0. The Morgan fingerprint density at radius 3 is 2.63 bits per heavy atom. The van der Waals surface area contributed by atoms with Crippen LogP contribution in [0, 0.1) is 6.92 Å². The second-order valence-corrected chi connectivity index (χ2v) is 4.67. The topological polar surface area (TPSA) is 27.8 Å². The number of benzene rings is 1. The predicted molar refractivity (Wildman–Crippen MR) is 70.7 cm³/mol. The summed E-state index contributed by atoms with van der Waals surface area (Å²) in [7, 11) is 0. The molecule has 0 atom stereocenters. The molecule has 6 heteroatoms. The van der Waals surface area contributed by atoms with Gasteiger partial charge in [0.1, 0.15) is 0 Å². The first-order valence-electron chi connectivity index (χ1n) is 5.89. The number of H-pyrrole nitrogens is 1. The summed E-state index contributed by atoms with van der Waals surface area (Å²) in [6.45, 7) is 3.12. The second-order valence-electron chi connectivity index (χ2n) is 4.67. The molecule has 0 aliphatic carbocycles. The van der Waals surface area contributed by atoms with Gasteiger partial charge in [0.25, 0.3) is 0 Å². The van der Waals surface area contributed by atoms with Gasteiger partial charge in [-0.3, -0.25) is 0 Å². The monoisotopic (exact) mass is 290 g/mol. The van der Waals surface area contributed by atoms with Crippen molar-refractivity contribution in [1.29, 1.82) is 0 Å². The Bertz CT molecular complexity index is 616. The third-order valence-corrected chi connectivity index (χ3v) is 3.59. The molecule has 0 saturated heterocycles. The van der Waals surface area contributed by atoms with Crippen LogP contribution < -0.4 is 5.32 Å². The Morgan fingerprint density at radius 2 is 1.95 bits per heavy atom. The maximum Gasteiger partial charge on any atom is 0.416 e. The van der Waals surface area contributed by atoms with Crippen LogP contribution in [0.3, 0.4) is 0 Å². The van der Waals surface area contributed by atoms with Gasteiger partial charge >= 0.3 is 6.18 Å². The van der Waals surface area contributed by atoms with E-state index in [0.717, 1.165) is 36.2 Å². The van der Waals surface area contributed by atoms with Gasteiger partial charge in [-0.25, -0.2) is 0 Å². The van der Waals surface area contributed by atoms with E-state index in [0.29, 0.717) is 5.52 Å². The Hall–Kier alpha value is -1.20. The summed E-state index contributed by atoms with van der Waals surface area (Å²) in [5, 5.41) is 4.15. The lowest BCUT2D eigenvalue weighted by atomic mass is 10.0. The summed E-state index contributed by atoms with van der Waals surface area (Å²) in [6, 6.07) is 2.76. The van der Waals surface area contributed by atoms with Gasteiger partial charge in [-0.05, 0) is 24.1 Å². The van der Waals surface area contributed by atoms with Crippen molar-refractivity contribution in [3.8, 4) is 0 Å². The fourth-order valence-corrected chi connectivity index (χ4v) is 2.66. The predicted octanol–water partition coefficient (Wildman–Crippen LogP) is 3.56. The fourth-order valence-electron chi connectivity index (χ4n) is 2.66. The van der Waals surface area contributed by atoms with Crippen LogP contribution >= 0.6 is 12.4 Å². The molecular weight excluding hydrogens is 277 g/mol. The lowest BCUT2D eigenvalue weighted by molar-refractivity contribution is -0.137. The summed E-state index contributed by atoms with van der Waals surface area (Å²) in [5.74, 6) is 0. The molecule has 2 heterocycles. The van der Waals surface area contributed by atoms with Crippen molar-refractivity contribution in [3.63, 3.8) is 0 Å². The Morgan fingerprint density at radius 1 is 1.21 bits per heavy atom. The van der Waals surface area contributed by atoms with Crippen molar-refractivity contribution in [3.05, 3.63) is 34.5 Å². The summed E-state index contributed by atoms with van der Waals surface area (Å²) >= 11 is 0. The number of aryl methyl sites for hydroxylation is 1. The average Bonchev–Trinajstić information content (AvgIpc) is 2.68. The van der Waals surface area contributed by atoms with Crippen LogP contribution in [0.5, 0.6) is 0 Å². The average molecular weight is 291 g/mol. The van der Waals surface area contributed by atoms with Gasteiger partial charge in [0, 0.05) is 36.1 Å². The van der Waals surface area contributed by atoms with Crippen LogP contribution in [-0.2, 0) is 19.1 Å². The van der Waals surface area contributed by atoms with Gasteiger partial charge in [-0.15, -0.1) is 12.4 Å². The minimum absolute atomic E-state index is 0. The smallest absolute Gasteiger partial charge is 0.358 e. The SMILES string of the molecule is Cc1c(C(F)(F)F)ccc2c3c([nH]c12)CCNC3.Cl. The van der Waals surface area contributed by atoms with Gasteiger partial charge in [-0.2, -0.15) is 13.2 Å². The van der Waals surface area contributed by atoms with Crippen molar-refractivity contribution in [2.24, 2.45) is 0 Å². The number of hydrogen-bond acceptors (Lipinski definition) is 1. The number of fused-ring (bicyclic) bond motifs is 3. The van der Waals surface area contributed by atoms with Crippen molar-refractivity contribution in [2.45, 2.75) is 26.1 Å². The van der Waals surface area contributed by atoms with E-state index in [9.17, 15) is 13.2 Å². The molecule has 0 unspecified atom stereocenters. The third kappa shape index (κ3) is 2.21. The Labute approximate surface area is 114 Å². The molecule has 2 aromatic rings. The van der Waals surface area contributed by atoms with E-state index >= 15 is 0 Å². The van der Waals surface area contributed by atoms with Crippen molar-refractivity contribution >= 4 is 23.3 Å². The van der Waals surface area contributed by atoms with Crippen LogP contribution in [0.1, 0.15) is 22.4 Å². The number of nitrogens with one attached hydrogen (secondary N) is 2. The highest BCUT2D eigenvalue weighted by molar-refractivity contribution is 5.88. The van der Waals surface area contributed by atoms with Gasteiger partial charge in [0.2, 0.25) is 0 Å².